The van der Waals surface area contributed by atoms with E-state index in [2.05, 4.69) is 17.4 Å². The number of nitrogens with zero attached hydrogens (tertiary/aromatic N) is 2. The van der Waals surface area contributed by atoms with Crippen molar-refractivity contribution in [1.29, 1.82) is 0 Å². The molecule has 1 unspecified atom stereocenters. The number of rotatable bonds is 6. The van der Waals surface area contributed by atoms with Gasteiger partial charge in [-0.3, -0.25) is 16.0 Å². The first kappa shape index (κ1) is 12.8. The van der Waals surface area contributed by atoms with E-state index in [0.717, 1.165) is 23.7 Å². The first-order valence-corrected chi connectivity index (χ1v) is 6.52. The third-order valence-electron chi connectivity index (χ3n) is 2.15. The van der Waals surface area contributed by atoms with E-state index in [9.17, 15) is 0 Å². The smallest absolute Gasteiger partial charge is 0.0834 e. The summed E-state index contributed by atoms with van der Waals surface area (Å²) in [5.41, 5.74) is 3.76. The van der Waals surface area contributed by atoms with Crippen LogP contribution < -0.4 is 11.3 Å². The molecule has 0 saturated carbocycles. The number of halogens is 1. The van der Waals surface area contributed by atoms with Crippen LogP contribution in [0.5, 0.6) is 0 Å². The van der Waals surface area contributed by atoms with Gasteiger partial charge in [0.25, 0.3) is 0 Å². The highest BCUT2D eigenvalue weighted by Crippen LogP contribution is 2.24. The highest BCUT2D eigenvalue weighted by Gasteiger charge is 2.18. The monoisotopic (exact) mass is 248 g/mol. The van der Waals surface area contributed by atoms with Crippen molar-refractivity contribution in [3.63, 3.8) is 0 Å². The Labute approximate surface area is 99.5 Å². The van der Waals surface area contributed by atoms with Crippen molar-refractivity contribution in [2.24, 2.45) is 5.84 Å². The van der Waals surface area contributed by atoms with Gasteiger partial charge in [0.2, 0.25) is 0 Å². The summed E-state index contributed by atoms with van der Waals surface area (Å²) in [7, 11) is 0. The summed E-state index contributed by atoms with van der Waals surface area (Å²) in [5.74, 6) is 7.50. The van der Waals surface area contributed by atoms with Crippen LogP contribution in [0.2, 0.25) is 5.02 Å². The van der Waals surface area contributed by atoms with Crippen molar-refractivity contribution in [1.82, 2.24) is 15.2 Å². The lowest BCUT2D eigenvalue weighted by atomic mass is 10.2. The zero-order valence-corrected chi connectivity index (χ0v) is 10.6. The summed E-state index contributed by atoms with van der Waals surface area (Å²) in [6.07, 6.45) is 1.67. The molecular weight excluding hydrogens is 232 g/mol. The molecule has 0 aliphatic rings. The Balaban J connectivity index is 2.84. The predicted octanol–water partition coefficient (Wildman–Crippen LogP) is 1.81. The van der Waals surface area contributed by atoms with Crippen LogP contribution in [0.1, 0.15) is 25.6 Å². The normalized spacial score (nSPS) is 13.1. The van der Waals surface area contributed by atoms with Crippen LogP contribution in [0.4, 0.5) is 0 Å². The molecule has 6 heteroatoms. The van der Waals surface area contributed by atoms with Crippen LogP contribution in [-0.4, -0.2) is 21.3 Å². The number of nitrogens with one attached hydrogen (secondary N) is 1. The van der Waals surface area contributed by atoms with Gasteiger partial charge in [0, 0.05) is 12.3 Å². The third kappa shape index (κ3) is 3.11. The maximum absolute atomic E-state index is 6.09. The molecule has 0 amide bonds. The van der Waals surface area contributed by atoms with E-state index in [1.165, 1.54) is 0 Å². The maximum Gasteiger partial charge on any atom is 0.0834 e. The first-order chi connectivity index (χ1) is 7.24. The van der Waals surface area contributed by atoms with Crippen LogP contribution in [0.15, 0.2) is 6.20 Å². The molecule has 0 aromatic carbocycles. The molecule has 0 aliphatic heterocycles. The number of hydrogen-bond acceptors (Lipinski definition) is 4. The number of nitrogens with two attached hydrogens (primary N) is 1. The summed E-state index contributed by atoms with van der Waals surface area (Å²) in [6, 6.07) is 0.0601. The molecule has 1 aromatic rings. The fraction of sp³-hybridized carbons (Fsp3) is 0.667. The average molecular weight is 249 g/mol. The van der Waals surface area contributed by atoms with E-state index in [4.69, 9.17) is 17.4 Å². The number of hydrazine groups is 1. The van der Waals surface area contributed by atoms with Crippen molar-refractivity contribution < 1.29 is 0 Å². The zero-order chi connectivity index (χ0) is 11.3. The molecule has 0 aliphatic carbocycles. The third-order valence-corrected chi connectivity index (χ3v) is 3.42. The summed E-state index contributed by atoms with van der Waals surface area (Å²) < 4.78 is 1.88. The van der Waals surface area contributed by atoms with Gasteiger partial charge in [0.15, 0.2) is 0 Å². The van der Waals surface area contributed by atoms with Crippen LogP contribution in [0.3, 0.4) is 0 Å². The second kappa shape index (κ2) is 6.37. The van der Waals surface area contributed by atoms with Gasteiger partial charge in [-0.1, -0.05) is 18.5 Å². The fourth-order valence-electron chi connectivity index (χ4n) is 1.41. The Morgan fingerprint density at radius 2 is 2.40 bits per heavy atom. The highest BCUT2D eigenvalue weighted by molar-refractivity contribution is 7.99. The largest absolute Gasteiger partial charge is 0.271 e. The van der Waals surface area contributed by atoms with E-state index in [0.29, 0.717) is 5.02 Å². The van der Waals surface area contributed by atoms with Crippen molar-refractivity contribution in [2.75, 3.05) is 11.5 Å². The lowest BCUT2D eigenvalue weighted by Crippen LogP contribution is -2.31. The molecule has 0 fully saturated rings. The summed E-state index contributed by atoms with van der Waals surface area (Å²) in [4.78, 5) is 0. The molecule has 0 saturated heterocycles. The number of aryl methyl sites for hydroxylation is 1. The highest BCUT2D eigenvalue weighted by atomic mass is 35.5. The molecule has 86 valence electrons. The minimum atomic E-state index is 0.0601. The van der Waals surface area contributed by atoms with Crippen molar-refractivity contribution in [3.05, 3.63) is 16.9 Å². The molecule has 1 aromatic heterocycles. The van der Waals surface area contributed by atoms with Gasteiger partial charge >= 0.3 is 0 Å². The molecule has 1 heterocycles. The second-order valence-electron chi connectivity index (χ2n) is 3.07. The van der Waals surface area contributed by atoms with Gasteiger partial charge in [-0.2, -0.15) is 16.9 Å². The van der Waals surface area contributed by atoms with Crippen LogP contribution in [-0.2, 0) is 6.54 Å². The Hall–Kier alpha value is -0.230. The van der Waals surface area contributed by atoms with E-state index in [1.807, 2.05) is 23.4 Å². The van der Waals surface area contributed by atoms with E-state index in [1.54, 1.807) is 6.20 Å². The Morgan fingerprint density at radius 3 is 2.93 bits per heavy atom. The van der Waals surface area contributed by atoms with E-state index < -0.39 is 0 Å². The molecule has 15 heavy (non-hydrogen) atoms. The van der Waals surface area contributed by atoms with E-state index >= 15 is 0 Å². The van der Waals surface area contributed by atoms with Gasteiger partial charge in [0.05, 0.1) is 23.0 Å². The fourth-order valence-corrected chi connectivity index (χ4v) is 2.41. The molecule has 3 N–H and O–H groups in total. The summed E-state index contributed by atoms with van der Waals surface area (Å²) >= 11 is 7.91. The minimum absolute atomic E-state index is 0.0601. The lowest BCUT2D eigenvalue weighted by molar-refractivity contribution is 0.528. The Morgan fingerprint density at radius 1 is 1.67 bits per heavy atom. The van der Waals surface area contributed by atoms with Crippen LogP contribution in [0, 0.1) is 0 Å². The average Bonchev–Trinajstić information content (AvgIpc) is 2.62. The number of thioether (sulfide) groups is 1. The van der Waals surface area contributed by atoms with Crippen LogP contribution in [0.25, 0.3) is 0 Å². The molecule has 0 radical (unpaired) electrons. The SMILES string of the molecule is CCSCC(NN)c1c(Cl)cnn1CC. The molecule has 0 bridgehead atoms. The molecular formula is C9H17ClN4S. The van der Waals surface area contributed by atoms with Gasteiger partial charge in [0.1, 0.15) is 0 Å². The molecule has 1 atom stereocenters. The first-order valence-electron chi connectivity index (χ1n) is 4.99. The van der Waals surface area contributed by atoms with Crippen molar-refractivity contribution in [3.8, 4) is 0 Å². The second-order valence-corrected chi connectivity index (χ2v) is 4.80. The van der Waals surface area contributed by atoms with Crippen molar-refractivity contribution in [2.45, 2.75) is 26.4 Å². The zero-order valence-electron chi connectivity index (χ0n) is 9.03. The Bertz CT molecular complexity index is 302. The Kier molecular flexibility index (Phi) is 5.45. The molecule has 1 rings (SSSR count). The maximum atomic E-state index is 6.09. The molecule has 0 spiro atoms. The van der Waals surface area contributed by atoms with Gasteiger partial charge < -0.3 is 0 Å². The van der Waals surface area contributed by atoms with Gasteiger partial charge in [-0.15, -0.1) is 0 Å². The number of hydrogen-bond donors (Lipinski definition) is 2. The van der Waals surface area contributed by atoms with Crippen molar-refractivity contribution >= 4 is 23.4 Å². The predicted molar refractivity (Wildman–Crippen MR) is 66.0 cm³/mol. The summed E-state index contributed by atoms with van der Waals surface area (Å²) in [6.45, 7) is 4.96. The standard InChI is InChI=1S/C9H17ClN4S/c1-3-14-9(7(10)5-12-14)8(13-11)6-15-4-2/h5,8,13H,3-4,6,11H2,1-2H3. The van der Waals surface area contributed by atoms with Gasteiger partial charge in [-0.25, -0.2) is 0 Å². The quantitative estimate of drug-likeness (QED) is 0.596. The summed E-state index contributed by atoms with van der Waals surface area (Å²) in [5, 5.41) is 4.87. The minimum Gasteiger partial charge on any atom is -0.271 e. The van der Waals surface area contributed by atoms with Gasteiger partial charge in [-0.05, 0) is 12.7 Å². The topological polar surface area (TPSA) is 55.9 Å². The van der Waals surface area contributed by atoms with E-state index in [-0.39, 0.29) is 6.04 Å². The van der Waals surface area contributed by atoms with Crippen LogP contribution >= 0.6 is 23.4 Å². The number of aromatic nitrogens is 2. The molecule has 4 nitrogen and oxygen atoms in total. The lowest BCUT2D eigenvalue weighted by Gasteiger charge is -2.17.